The highest BCUT2D eigenvalue weighted by atomic mass is 15.3. The SMILES string of the molecule is CCCc1nn(C)c(NCCCc2ncc[nH]2)c1N. The van der Waals surface area contributed by atoms with E-state index in [0.29, 0.717) is 0 Å². The maximum atomic E-state index is 6.10. The molecule has 0 amide bonds. The maximum Gasteiger partial charge on any atom is 0.147 e. The quantitative estimate of drug-likeness (QED) is 0.663. The molecule has 2 heterocycles. The molecule has 0 bridgehead atoms. The molecule has 2 rings (SSSR count). The molecule has 0 unspecified atom stereocenters. The number of hydrogen-bond donors (Lipinski definition) is 3. The summed E-state index contributed by atoms with van der Waals surface area (Å²) >= 11 is 0. The molecule has 0 saturated carbocycles. The van der Waals surface area contributed by atoms with Crippen LogP contribution in [0.1, 0.15) is 31.3 Å². The van der Waals surface area contributed by atoms with Crippen molar-refractivity contribution in [2.24, 2.45) is 7.05 Å². The number of rotatable bonds is 7. The fourth-order valence-corrected chi connectivity index (χ4v) is 2.12. The molecule has 0 fully saturated rings. The van der Waals surface area contributed by atoms with Crippen molar-refractivity contribution in [3.8, 4) is 0 Å². The van der Waals surface area contributed by atoms with Crippen molar-refractivity contribution in [2.45, 2.75) is 32.6 Å². The molecule has 0 spiro atoms. The van der Waals surface area contributed by atoms with Crippen molar-refractivity contribution in [3.05, 3.63) is 23.9 Å². The molecule has 6 heteroatoms. The van der Waals surface area contributed by atoms with Crippen LogP contribution in [0.15, 0.2) is 12.4 Å². The average Bonchev–Trinajstić information content (AvgIpc) is 2.98. The molecule has 0 saturated heterocycles. The Balaban J connectivity index is 1.85. The van der Waals surface area contributed by atoms with Crippen LogP contribution in [-0.2, 0) is 19.9 Å². The third kappa shape index (κ3) is 3.27. The van der Waals surface area contributed by atoms with Gasteiger partial charge in [-0.1, -0.05) is 13.3 Å². The predicted molar refractivity (Wildman–Crippen MR) is 77.0 cm³/mol. The van der Waals surface area contributed by atoms with Gasteiger partial charge in [-0.2, -0.15) is 5.10 Å². The van der Waals surface area contributed by atoms with Gasteiger partial charge in [-0.15, -0.1) is 0 Å². The van der Waals surface area contributed by atoms with Crippen molar-refractivity contribution in [1.29, 1.82) is 0 Å². The van der Waals surface area contributed by atoms with Crippen LogP contribution in [0.25, 0.3) is 0 Å². The number of H-pyrrole nitrogens is 1. The fraction of sp³-hybridized carbons (Fsp3) is 0.538. The van der Waals surface area contributed by atoms with Gasteiger partial charge < -0.3 is 16.0 Å². The summed E-state index contributed by atoms with van der Waals surface area (Å²) in [6.45, 7) is 2.99. The molecule has 0 atom stereocenters. The van der Waals surface area contributed by atoms with Crippen LogP contribution < -0.4 is 11.1 Å². The smallest absolute Gasteiger partial charge is 0.147 e. The Bertz CT molecular complexity index is 499. The van der Waals surface area contributed by atoms with E-state index in [0.717, 1.165) is 55.3 Å². The summed E-state index contributed by atoms with van der Waals surface area (Å²) in [5.41, 5.74) is 7.87. The minimum atomic E-state index is 0.780. The van der Waals surface area contributed by atoms with E-state index >= 15 is 0 Å². The Morgan fingerprint density at radius 3 is 2.95 bits per heavy atom. The van der Waals surface area contributed by atoms with Gasteiger partial charge in [-0.3, -0.25) is 4.68 Å². The summed E-state index contributed by atoms with van der Waals surface area (Å²) < 4.78 is 1.83. The van der Waals surface area contributed by atoms with Crippen LogP contribution in [0.2, 0.25) is 0 Å². The van der Waals surface area contributed by atoms with Gasteiger partial charge in [-0.25, -0.2) is 4.98 Å². The number of nitrogen functional groups attached to an aromatic ring is 1. The molecule has 4 N–H and O–H groups in total. The van der Waals surface area contributed by atoms with Crippen LogP contribution in [-0.4, -0.2) is 26.3 Å². The van der Waals surface area contributed by atoms with Gasteiger partial charge in [0.25, 0.3) is 0 Å². The number of aromatic nitrogens is 4. The lowest BCUT2D eigenvalue weighted by atomic mass is 10.2. The van der Waals surface area contributed by atoms with Crippen molar-refractivity contribution in [1.82, 2.24) is 19.7 Å². The van der Waals surface area contributed by atoms with E-state index in [9.17, 15) is 0 Å². The van der Waals surface area contributed by atoms with E-state index in [4.69, 9.17) is 5.73 Å². The van der Waals surface area contributed by atoms with Crippen molar-refractivity contribution in [2.75, 3.05) is 17.6 Å². The standard InChI is InChI=1S/C13H22N6/c1-3-5-10-12(14)13(19(2)18-10)17-7-4-6-11-15-8-9-16-11/h8-9,17H,3-7,14H2,1-2H3,(H,15,16). The number of aromatic amines is 1. The highest BCUT2D eigenvalue weighted by Crippen LogP contribution is 2.22. The first kappa shape index (κ1) is 13.5. The molecule has 0 aliphatic heterocycles. The molecule has 0 aromatic carbocycles. The first-order chi connectivity index (χ1) is 9.22. The van der Waals surface area contributed by atoms with Gasteiger partial charge >= 0.3 is 0 Å². The summed E-state index contributed by atoms with van der Waals surface area (Å²) in [6.07, 6.45) is 7.53. The Hall–Kier alpha value is -1.98. The zero-order valence-electron chi connectivity index (χ0n) is 11.6. The summed E-state index contributed by atoms with van der Waals surface area (Å²) in [6, 6.07) is 0. The molecule has 2 aromatic heterocycles. The van der Waals surface area contributed by atoms with Gasteiger partial charge in [0.2, 0.25) is 0 Å². The Morgan fingerprint density at radius 2 is 2.26 bits per heavy atom. The first-order valence-corrected chi connectivity index (χ1v) is 6.75. The largest absolute Gasteiger partial charge is 0.394 e. The minimum Gasteiger partial charge on any atom is -0.394 e. The second-order valence-electron chi connectivity index (χ2n) is 4.65. The highest BCUT2D eigenvalue weighted by molar-refractivity contribution is 5.64. The van der Waals surface area contributed by atoms with Crippen LogP contribution >= 0.6 is 0 Å². The predicted octanol–water partition coefficient (Wildman–Crippen LogP) is 1.72. The van der Waals surface area contributed by atoms with Gasteiger partial charge in [0.05, 0.1) is 11.4 Å². The Kier molecular flexibility index (Phi) is 4.43. The number of imidazole rings is 1. The number of anilines is 2. The van der Waals surface area contributed by atoms with E-state index in [1.165, 1.54) is 0 Å². The van der Waals surface area contributed by atoms with Crippen LogP contribution in [0, 0.1) is 0 Å². The monoisotopic (exact) mass is 262 g/mol. The molecule has 0 aliphatic carbocycles. The normalized spacial score (nSPS) is 10.8. The van der Waals surface area contributed by atoms with Crippen molar-refractivity contribution >= 4 is 11.5 Å². The number of nitrogens with zero attached hydrogens (tertiary/aromatic N) is 3. The highest BCUT2D eigenvalue weighted by Gasteiger charge is 2.11. The van der Waals surface area contributed by atoms with Crippen LogP contribution in [0.5, 0.6) is 0 Å². The summed E-state index contributed by atoms with van der Waals surface area (Å²) in [5, 5.41) is 7.80. The Labute approximate surface area is 113 Å². The number of aryl methyl sites for hydroxylation is 3. The summed E-state index contributed by atoms with van der Waals surface area (Å²) in [5.74, 6) is 1.94. The summed E-state index contributed by atoms with van der Waals surface area (Å²) in [4.78, 5) is 7.30. The van der Waals surface area contributed by atoms with Gasteiger partial charge in [0.15, 0.2) is 0 Å². The molecule has 19 heavy (non-hydrogen) atoms. The molecule has 104 valence electrons. The van der Waals surface area contributed by atoms with Crippen LogP contribution in [0.4, 0.5) is 11.5 Å². The fourth-order valence-electron chi connectivity index (χ4n) is 2.12. The van der Waals surface area contributed by atoms with Crippen molar-refractivity contribution < 1.29 is 0 Å². The molecular formula is C13H22N6. The second kappa shape index (κ2) is 6.26. The lowest BCUT2D eigenvalue weighted by Gasteiger charge is -2.07. The van der Waals surface area contributed by atoms with E-state index in [1.807, 2.05) is 17.9 Å². The third-order valence-electron chi connectivity index (χ3n) is 3.08. The second-order valence-corrected chi connectivity index (χ2v) is 4.65. The molecule has 0 radical (unpaired) electrons. The van der Waals surface area contributed by atoms with Crippen molar-refractivity contribution in [3.63, 3.8) is 0 Å². The summed E-state index contributed by atoms with van der Waals surface area (Å²) in [7, 11) is 1.92. The number of nitrogens with two attached hydrogens (primary N) is 1. The lowest BCUT2D eigenvalue weighted by molar-refractivity contribution is 0.729. The maximum absolute atomic E-state index is 6.10. The van der Waals surface area contributed by atoms with E-state index in [2.05, 4.69) is 27.3 Å². The van der Waals surface area contributed by atoms with E-state index in [-0.39, 0.29) is 0 Å². The van der Waals surface area contributed by atoms with E-state index in [1.54, 1.807) is 6.20 Å². The number of nitrogens with one attached hydrogen (secondary N) is 2. The van der Waals surface area contributed by atoms with Crippen LogP contribution in [0.3, 0.4) is 0 Å². The van der Waals surface area contributed by atoms with Gasteiger partial charge in [-0.05, 0) is 12.8 Å². The van der Waals surface area contributed by atoms with Gasteiger partial charge in [0.1, 0.15) is 11.6 Å². The topological polar surface area (TPSA) is 84.5 Å². The minimum absolute atomic E-state index is 0.780. The molecule has 2 aromatic rings. The number of hydrogen-bond acceptors (Lipinski definition) is 4. The third-order valence-corrected chi connectivity index (χ3v) is 3.08. The zero-order chi connectivity index (χ0) is 13.7. The molecule has 6 nitrogen and oxygen atoms in total. The zero-order valence-corrected chi connectivity index (χ0v) is 11.6. The van der Waals surface area contributed by atoms with Gasteiger partial charge in [0, 0.05) is 32.4 Å². The lowest BCUT2D eigenvalue weighted by Crippen LogP contribution is -2.09. The first-order valence-electron chi connectivity index (χ1n) is 6.75. The molecule has 0 aliphatic rings. The van der Waals surface area contributed by atoms with E-state index < -0.39 is 0 Å². The average molecular weight is 262 g/mol. The molecular weight excluding hydrogens is 240 g/mol. The Morgan fingerprint density at radius 1 is 1.42 bits per heavy atom.